The first-order valence-corrected chi connectivity index (χ1v) is 9.70. The van der Waals surface area contributed by atoms with Crippen LogP contribution < -0.4 is 0 Å². The van der Waals surface area contributed by atoms with Gasteiger partial charge in [-0.1, -0.05) is 18.2 Å². The Hall–Kier alpha value is -3.04. The maximum absolute atomic E-state index is 12.9. The van der Waals surface area contributed by atoms with Crippen molar-refractivity contribution in [3.63, 3.8) is 0 Å². The van der Waals surface area contributed by atoms with Gasteiger partial charge in [0.15, 0.2) is 5.65 Å². The number of carboxylic acid groups (broad SMARTS) is 1. The number of pyridine rings is 1. The minimum absolute atomic E-state index is 0.112. The average Bonchev–Trinajstić information content (AvgIpc) is 3.30. The third-order valence-corrected chi connectivity index (χ3v) is 6.50. The molecular formula is C17H11N3O4S2. The molecule has 0 atom stereocenters. The highest BCUT2D eigenvalue weighted by Gasteiger charge is 2.21. The molecule has 1 aromatic carbocycles. The van der Waals surface area contributed by atoms with Crippen LogP contribution in [0.3, 0.4) is 0 Å². The molecule has 3 heterocycles. The fourth-order valence-electron chi connectivity index (χ4n) is 2.60. The minimum Gasteiger partial charge on any atom is -0.477 e. The number of aromatic carboxylic acids is 1. The number of fused-ring (bicyclic) bond motifs is 1. The number of thiazole rings is 1. The van der Waals surface area contributed by atoms with Crippen LogP contribution in [0.25, 0.3) is 21.6 Å². The number of aromatic nitrogens is 3. The number of hydrogen-bond donors (Lipinski definition) is 1. The molecule has 0 saturated heterocycles. The SMILES string of the molecule is O=C(O)c1cnc(-c2ccnc3c2ccn3S(=O)(=O)c2ccccc2)s1. The van der Waals surface area contributed by atoms with Crippen LogP contribution in [0.15, 0.2) is 66.0 Å². The summed E-state index contributed by atoms with van der Waals surface area (Å²) in [5.74, 6) is -1.05. The predicted octanol–water partition coefficient (Wildman–Crippen LogP) is 3.10. The summed E-state index contributed by atoms with van der Waals surface area (Å²) in [6, 6.07) is 11.4. The first kappa shape index (κ1) is 16.4. The van der Waals surface area contributed by atoms with Gasteiger partial charge in [-0.2, -0.15) is 0 Å². The first-order chi connectivity index (χ1) is 12.5. The van der Waals surface area contributed by atoms with Gasteiger partial charge in [0.2, 0.25) is 0 Å². The molecule has 4 aromatic rings. The fraction of sp³-hybridized carbons (Fsp3) is 0. The lowest BCUT2D eigenvalue weighted by molar-refractivity contribution is 0.0702. The molecular weight excluding hydrogens is 374 g/mol. The molecule has 0 aliphatic heterocycles. The van der Waals surface area contributed by atoms with Gasteiger partial charge < -0.3 is 5.11 Å². The van der Waals surface area contributed by atoms with Crippen molar-refractivity contribution in [1.29, 1.82) is 0 Å². The lowest BCUT2D eigenvalue weighted by Gasteiger charge is -2.07. The molecule has 26 heavy (non-hydrogen) atoms. The molecule has 3 aromatic heterocycles. The van der Waals surface area contributed by atoms with Crippen molar-refractivity contribution in [2.45, 2.75) is 4.90 Å². The van der Waals surface area contributed by atoms with E-state index in [1.54, 1.807) is 30.3 Å². The molecule has 0 saturated carbocycles. The third-order valence-electron chi connectivity index (χ3n) is 3.80. The predicted molar refractivity (Wildman–Crippen MR) is 96.8 cm³/mol. The largest absolute Gasteiger partial charge is 0.477 e. The van der Waals surface area contributed by atoms with E-state index in [4.69, 9.17) is 5.11 Å². The van der Waals surface area contributed by atoms with Crippen LogP contribution in [0.5, 0.6) is 0 Å². The van der Waals surface area contributed by atoms with Crippen LogP contribution in [-0.2, 0) is 10.0 Å². The summed E-state index contributed by atoms with van der Waals surface area (Å²) in [5, 5.41) is 10.1. The van der Waals surface area contributed by atoms with Gasteiger partial charge in [-0.05, 0) is 24.3 Å². The topological polar surface area (TPSA) is 102 Å². The summed E-state index contributed by atoms with van der Waals surface area (Å²) in [5.41, 5.74) is 0.896. The molecule has 0 spiro atoms. The molecule has 0 radical (unpaired) electrons. The van der Waals surface area contributed by atoms with E-state index >= 15 is 0 Å². The first-order valence-electron chi connectivity index (χ1n) is 7.44. The summed E-state index contributed by atoms with van der Waals surface area (Å²) in [6.07, 6.45) is 4.21. The van der Waals surface area contributed by atoms with Crippen molar-refractivity contribution in [3.8, 4) is 10.6 Å². The molecule has 0 bridgehead atoms. The molecule has 130 valence electrons. The number of benzene rings is 1. The zero-order chi connectivity index (χ0) is 18.3. The lowest BCUT2D eigenvalue weighted by Crippen LogP contribution is -2.12. The van der Waals surface area contributed by atoms with Gasteiger partial charge in [-0.25, -0.2) is 27.2 Å². The standard InChI is InChI=1S/C17H11N3O4S2/c21-17(22)14-10-19-16(25-14)13-6-8-18-15-12(13)7-9-20(15)26(23,24)11-4-2-1-3-5-11/h1-10H,(H,21,22). The Morgan fingerprint density at radius 2 is 1.85 bits per heavy atom. The maximum atomic E-state index is 12.9. The highest BCUT2D eigenvalue weighted by molar-refractivity contribution is 7.90. The second-order valence-corrected chi connectivity index (χ2v) is 8.21. The van der Waals surface area contributed by atoms with Crippen molar-refractivity contribution in [1.82, 2.24) is 13.9 Å². The van der Waals surface area contributed by atoms with Crippen LogP contribution in [-0.4, -0.2) is 33.4 Å². The van der Waals surface area contributed by atoms with Gasteiger partial charge in [-0.15, -0.1) is 11.3 Å². The second kappa shape index (κ2) is 6.04. The lowest BCUT2D eigenvalue weighted by atomic mass is 10.2. The molecule has 7 nitrogen and oxygen atoms in total. The Morgan fingerprint density at radius 3 is 2.54 bits per heavy atom. The highest BCUT2D eigenvalue weighted by Crippen LogP contribution is 2.32. The Morgan fingerprint density at radius 1 is 1.08 bits per heavy atom. The Labute approximate surface area is 152 Å². The summed E-state index contributed by atoms with van der Waals surface area (Å²) in [6.45, 7) is 0. The number of carbonyl (C=O) groups is 1. The molecule has 9 heteroatoms. The summed E-state index contributed by atoms with van der Waals surface area (Å²) in [7, 11) is -3.79. The number of rotatable bonds is 4. The minimum atomic E-state index is -3.79. The van der Waals surface area contributed by atoms with E-state index < -0.39 is 16.0 Å². The van der Waals surface area contributed by atoms with Gasteiger partial charge in [-0.3, -0.25) is 0 Å². The molecule has 1 N–H and O–H groups in total. The van der Waals surface area contributed by atoms with Crippen molar-refractivity contribution >= 4 is 38.4 Å². The van der Waals surface area contributed by atoms with Gasteiger partial charge in [0.05, 0.1) is 11.1 Å². The molecule has 0 unspecified atom stereocenters. The number of hydrogen-bond acceptors (Lipinski definition) is 6. The molecule has 0 aliphatic rings. The Kier molecular flexibility index (Phi) is 3.82. The van der Waals surface area contributed by atoms with Crippen LogP contribution in [0.4, 0.5) is 0 Å². The fourth-order valence-corrected chi connectivity index (χ4v) is 4.72. The third kappa shape index (κ3) is 2.57. The van der Waals surface area contributed by atoms with Gasteiger partial charge >= 0.3 is 5.97 Å². The van der Waals surface area contributed by atoms with Crippen LogP contribution in [0, 0.1) is 0 Å². The molecule has 0 aliphatic carbocycles. The van der Waals surface area contributed by atoms with Crippen molar-refractivity contribution in [3.05, 3.63) is 65.9 Å². The van der Waals surface area contributed by atoms with Gasteiger partial charge in [0.1, 0.15) is 9.88 Å². The number of carboxylic acids is 1. The van der Waals surface area contributed by atoms with E-state index in [2.05, 4.69) is 9.97 Å². The van der Waals surface area contributed by atoms with E-state index in [9.17, 15) is 13.2 Å². The molecule has 0 amide bonds. The zero-order valence-electron chi connectivity index (χ0n) is 13.1. The summed E-state index contributed by atoms with van der Waals surface area (Å²) < 4.78 is 26.9. The van der Waals surface area contributed by atoms with Crippen molar-refractivity contribution < 1.29 is 18.3 Å². The van der Waals surface area contributed by atoms with E-state index in [1.165, 1.54) is 30.7 Å². The van der Waals surface area contributed by atoms with Gasteiger partial charge in [0, 0.05) is 23.3 Å². The average molecular weight is 385 g/mol. The monoisotopic (exact) mass is 385 g/mol. The zero-order valence-corrected chi connectivity index (χ0v) is 14.7. The summed E-state index contributed by atoms with van der Waals surface area (Å²) in [4.78, 5) is 19.7. The van der Waals surface area contributed by atoms with Gasteiger partial charge in [0.25, 0.3) is 10.0 Å². The number of nitrogens with zero attached hydrogens (tertiary/aromatic N) is 3. The molecule has 4 rings (SSSR count). The highest BCUT2D eigenvalue weighted by atomic mass is 32.2. The normalized spacial score (nSPS) is 11.7. The second-order valence-electron chi connectivity index (χ2n) is 5.36. The van der Waals surface area contributed by atoms with E-state index in [0.717, 1.165) is 15.3 Å². The summed E-state index contributed by atoms with van der Waals surface area (Å²) >= 11 is 1.02. The van der Waals surface area contributed by atoms with E-state index in [0.29, 0.717) is 16.0 Å². The van der Waals surface area contributed by atoms with Crippen molar-refractivity contribution in [2.24, 2.45) is 0 Å². The smallest absolute Gasteiger partial charge is 0.347 e. The van der Waals surface area contributed by atoms with Crippen LogP contribution >= 0.6 is 11.3 Å². The van der Waals surface area contributed by atoms with E-state index in [-0.39, 0.29) is 15.4 Å². The van der Waals surface area contributed by atoms with E-state index in [1.807, 2.05) is 0 Å². The maximum Gasteiger partial charge on any atom is 0.347 e. The Balaban J connectivity index is 1.89. The van der Waals surface area contributed by atoms with Crippen LogP contribution in [0.1, 0.15) is 9.67 Å². The van der Waals surface area contributed by atoms with Crippen molar-refractivity contribution in [2.75, 3.05) is 0 Å². The quantitative estimate of drug-likeness (QED) is 0.579. The molecule has 0 fully saturated rings. The van der Waals surface area contributed by atoms with Crippen LogP contribution in [0.2, 0.25) is 0 Å². The Bertz CT molecular complexity index is 1230.